The third kappa shape index (κ3) is 3.37. The van der Waals surface area contributed by atoms with Crippen molar-refractivity contribution in [2.24, 2.45) is 0 Å². The molecule has 0 N–H and O–H groups in total. The summed E-state index contributed by atoms with van der Waals surface area (Å²) in [7, 11) is 0. The minimum absolute atomic E-state index is 0.580. The predicted octanol–water partition coefficient (Wildman–Crippen LogP) is 8.51. The zero-order chi connectivity index (χ0) is 25.9. The van der Waals surface area contributed by atoms with Crippen LogP contribution in [0.25, 0.3) is 72.5 Å². The first-order chi connectivity index (χ1) is 19.2. The minimum atomic E-state index is 0.580. The molecular weight excluding hydrogens is 480 g/mol. The van der Waals surface area contributed by atoms with Gasteiger partial charge in [0.25, 0.3) is 0 Å². The molecule has 0 aliphatic rings. The summed E-state index contributed by atoms with van der Waals surface area (Å²) < 4.78 is 8.43. The maximum atomic E-state index is 6.30. The second kappa shape index (κ2) is 8.36. The fourth-order valence-corrected chi connectivity index (χ4v) is 5.53. The Bertz CT molecular complexity index is 2140. The molecule has 0 saturated heterocycles. The number of fused-ring (bicyclic) bond motifs is 6. The van der Waals surface area contributed by atoms with E-state index in [0.717, 1.165) is 60.4 Å². The quantitative estimate of drug-likeness (QED) is 0.243. The average Bonchev–Trinajstić information content (AvgIpc) is 3.54. The lowest BCUT2D eigenvalue weighted by Crippen LogP contribution is -2.06. The smallest absolute Gasteiger partial charge is 0.238 e. The highest BCUT2D eigenvalue weighted by molar-refractivity contribution is 6.09. The number of nitrogens with zero attached hydrogens (tertiary/aromatic N) is 4. The molecular formula is C34H22N4O. The fraction of sp³-hybridized carbons (Fsp3) is 0.0294. The Hall–Kier alpha value is -5.29. The van der Waals surface area contributed by atoms with Crippen molar-refractivity contribution in [3.63, 3.8) is 0 Å². The van der Waals surface area contributed by atoms with E-state index in [-0.39, 0.29) is 0 Å². The van der Waals surface area contributed by atoms with Crippen molar-refractivity contribution in [1.29, 1.82) is 0 Å². The third-order valence-corrected chi connectivity index (χ3v) is 7.39. The molecule has 5 heteroatoms. The summed E-state index contributed by atoms with van der Waals surface area (Å²) in [6, 6.07) is 39.3. The molecule has 0 bridgehead atoms. The highest BCUT2D eigenvalue weighted by atomic mass is 16.3. The number of hydrogen-bond acceptors (Lipinski definition) is 4. The minimum Gasteiger partial charge on any atom is -0.456 e. The zero-order valence-corrected chi connectivity index (χ0v) is 21.2. The van der Waals surface area contributed by atoms with Gasteiger partial charge in [-0.25, -0.2) is 4.98 Å². The van der Waals surface area contributed by atoms with Gasteiger partial charge >= 0.3 is 0 Å². The molecule has 184 valence electrons. The van der Waals surface area contributed by atoms with Crippen molar-refractivity contribution in [2.75, 3.05) is 0 Å². The van der Waals surface area contributed by atoms with Crippen molar-refractivity contribution in [2.45, 2.75) is 6.92 Å². The Morgan fingerprint density at radius 1 is 0.538 bits per heavy atom. The number of hydrogen-bond donors (Lipinski definition) is 0. The largest absolute Gasteiger partial charge is 0.456 e. The van der Waals surface area contributed by atoms with Crippen molar-refractivity contribution in [1.82, 2.24) is 19.5 Å². The van der Waals surface area contributed by atoms with Crippen molar-refractivity contribution < 1.29 is 4.42 Å². The van der Waals surface area contributed by atoms with Crippen molar-refractivity contribution in [3.05, 3.63) is 121 Å². The Labute approximate surface area is 224 Å². The molecule has 0 radical (unpaired) electrons. The number of aryl methyl sites for hydroxylation is 1. The molecule has 0 aliphatic carbocycles. The van der Waals surface area contributed by atoms with Crippen LogP contribution in [0.15, 0.2) is 120 Å². The summed E-state index contributed by atoms with van der Waals surface area (Å²) in [5.41, 5.74) is 6.76. The van der Waals surface area contributed by atoms with Gasteiger partial charge in [-0.15, -0.1) is 0 Å². The van der Waals surface area contributed by atoms with Crippen LogP contribution >= 0.6 is 0 Å². The Morgan fingerprint density at radius 3 is 1.92 bits per heavy atom. The summed E-state index contributed by atoms with van der Waals surface area (Å²) >= 11 is 0. The molecule has 3 aromatic heterocycles. The van der Waals surface area contributed by atoms with Gasteiger partial charge < -0.3 is 4.42 Å². The van der Waals surface area contributed by atoms with Crippen LogP contribution in [0.5, 0.6) is 0 Å². The molecule has 8 rings (SSSR count). The van der Waals surface area contributed by atoms with Crippen LogP contribution in [0, 0.1) is 6.92 Å². The molecule has 0 atom stereocenters. The Morgan fingerprint density at radius 2 is 1.18 bits per heavy atom. The molecule has 8 aromatic rings. The van der Waals surface area contributed by atoms with Crippen LogP contribution in [0.1, 0.15) is 5.56 Å². The second-order valence-corrected chi connectivity index (χ2v) is 9.78. The number of aromatic nitrogens is 4. The lowest BCUT2D eigenvalue weighted by Gasteiger charge is -2.10. The Balaban J connectivity index is 1.41. The van der Waals surface area contributed by atoms with E-state index >= 15 is 0 Å². The summed E-state index contributed by atoms with van der Waals surface area (Å²) in [6.07, 6.45) is 0. The van der Waals surface area contributed by atoms with Crippen LogP contribution in [0.3, 0.4) is 0 Å². The molecule has 0 aliphatic heterocycles. The van der Waals surface area contributed by atoms with Crippen LogP contribution in [-0.4, -0.2) is 19.5 Å². The average molecular weight is 503 g/mol. The number of benzene rings is 5. The topological polar surface area (TPSA) is 56.7 Å². The van der Waals surface area contributed by atoms with Gasteiger partial charge in [0, 0.05) is 32.7 Å². The molecule has 0 spiro atoms. The SMILES string of the molecule is Cc1cccc2c1oc1cc(-c3nc(-c4ccccc4)nc(-n4c5ccccc5c5ccccc54)n3)ccc12. The normalized spacial score (nSPS) is 11.7. The number of rotatable bonds is 3. The van der Waals surface area contributed by atoms with E-state index in [1.54, 1.807) is 0 Å². The first-order valence-corrected chi connectivity index (χ1v) is 13.0. The lowest BCUT2D eigenvalue weighted by molar-refractivity contribution is 0.666. The molecule has 0 unspecified atom stereocenters. The molecule has 0 fully saturated rings. The number of para-hydroxylation sites is 3. The van der Waals surface area contributed by atoms with Gasteiger partial charge in [0.2, 0.25) is 5.95 Å². The van der Waals surface area contributed by atoms with Gasteiger partial charge in [-0.05, 0) is 36.8 Å². The molecule has 39 heavy (non-hydrogen) atoms. The van der Waals surface area contributed by atoms with Crippen LogP contribution in [0.4, 0.5) is 0 Å². The van der Waals surface area contributed by atoms with Crippen LogP contribution in [0.2, 0.25) is 0 Å². The maximum Gasteiger partial charge on any atom is 0.238 e. The van der Waals surface area contributed by atoms with Crippen molar-refractivity contribution >= 4 is 43.7 Å². The monoisotopic (exact) mass is 502 g/mol. The maximum absolute atomic E-state index is 6.30. The van der Waals surface area contributed by atoms with Crippen LogP contribution in [-0.2, 0) is 0 Å². The highest BCUT2D eigenvalue weighted by Gasteiger charge is 2.18. The summed E-state index contributed by atoms with van der Waals surface area (Å²) in [4.78, 5) is 15.0. The second-order valence-electron chi connectivity index (χ2n) is 9.78. The van der Waals surface area contributed by atoms with Gasteiger partial charge in [-0.3, -0.25) is 4.57 Å². The molecule has 5 aromatic carbocycles. The van der Waals surface area contributed by atoms with E-state index in [9.17, 15) is 0 Å². The van der Waals surface area contributed by atoms with Gasteiger partial charge in [-0.1, -0.05) is 91.0 Å². The van der Waals surface area contributed by atoms with E-state index in [2.05, 4.69) is 90.4 Å². The summed E-state index contributed by atoms with van der Waals surface area (Å²) in [6.45, 7) is 2.07. The Kier molecular flexibility index (Phi) is 4.67. The molecule has 0 saturated carbocycles. The molecule has 3 heterocycles. The van der Waals surface area contributed by atoms with Crippen molar-refractivity contribution in [3.8, 4) is 28.7 Å². The first-order valence-electron chi connectivity index (χ1n) is 13.0. The van der Waals surface area contributed by atoms with Gasteiger partial charge in [-0.2, -0.15) is 9.97 Å². The van der Waals surface area contributed by atoms with Gasteiger partial charge in [0.1, 0.15) is 11.2 Å². The lowest BCUT2D eigenvalue weighted by atomic mass is 10.1. The fourth-order valence-electron chi connectivity index (χ4n) is 5.53. The summed E-state index contributed by atoms with van der Waals surface area (Å²) in [5.74, 6) is 1.80. The zero-order valence-electron chi connectivity index (χ0n) is 21.2. The number of furan rings is 1. The van der Waals surface area contributed by atoms with Gasteiger partial charge in [0.05, 0.1) is 11.0 Å². The van der Waals surface area contributed by atoms with E-state index in [1.165, 1.54) is 0 Å². The van der Waals surface area contributed by atoms with E-state index in [4.69, 9.17) is 19.4 Å². The van der Waals surface area contributed by atoms with Gasteiger partial charge in [0.15, 0.2) is 11.6 Å². The molecule has 5 nitrogen and oxygen atoms in total. The first kappa shape index (κ1) is 21.8. The van der Waals surface area contributed by atoms with E-state index in [1.807, 2.05) is 36.4 Å². The molecule has 0 amide bonds. The standard InChI is InChI=1S/C34H22N4O/c1-21-10-9-15-27-26-19-18-23(20-30(26)39-31(21)27)33-35-32(22-11-3-2-4-12-22)36-34(37-33)38-28-16-7-5-13-24(28)25-14-6-8-17-29(25)38/h2-20H,1H3. The van der Waals surface area contributed by atoms with Crippen LogP contribution < -0.4 is 0 Å². The predicted molar refractivity (Wildman–Crippen MR) is 157 cm³/mol. The van der Waals surface area contributed by atoms with E-state index < -0.39 is 0 Å². The van der Waals surface area contributed by atoms with E-state index in [0.29, 0.717) is 17.6 Å². The third-order valence-electron chi connectivity index (χ3n) is 7.39. The highest BCUT2D eigenvalue weighted by Crippen LogP contribution is 2.35. The summed E-state index contributed by atoms with van der Waals surface area (Å²) in [5, 5.41) is 4.52.